The monoisotopic (exact) mass is 345 g/mol. The second kappa shape index (κ2) is 8.84. The molecule has 1 aromatic heterocycles. The normalized spacial score (nSPS) is 18.4. The van der Waals surface area contributed by atoms with Gasteiger partial charge in [-0.3, -0.25) is 14.8 Å². The van der Waals surface area contributed by atoms with Crippen molar-refractivity contribution in [1.82, 2.24) is 25.4 Å². The predicted molar refractivity (Wildman–Crippen MR) is 95.0 cm³/mol. The van der Waals surface area contributed by atoms with Gasteiger partial charge in [0, 0.05) is 18.8 Å². The van der Waals surface area contributed by atoms with Gasteiger partial charge in [-0.15, -0.1) is 0 Å². The summed E-state index contributed by atoms with van der Waals surface area (Å²) >= 11 is 1.56. The topological polar surface area (TPSA) is 73.9 Å². The Kier molecular flexibility index (Phi) is 6.26. The summed E-state index contributed by atoms with van der Waals surface area (Å²) in [5, 5.41) is 10.4. The molecule has 1 aliphatic rings. The summed E-state index contributed by atoms with van der Waals surface area (Å²) in [5.74, 6) is 1.42. The Balaban J connectivity index is 1.38. The quantitative estimate of drug-likeness (QED) is 0.592. The van der Waals surface area contributed by atoms with Gasteiger partial charge in [-0.2, -0.15) is 5.10 Å². The number of likely N-dealkylation sites (tertiary alicyclic amines) is 1. The molecule has 1 amide bonds. The molecule has 1 aliphatic heterocycles. The highest BCUT2D eigenvalue weighted by atomic mass is 32.2. The second-order valence-corrected chi connectivity index (χ2v) is 7.06. The number of aromatic amines is 1. The number of rotatable bonds is 7. The fraction of sp³-hybridized carbons (Fsp3) is 0.471. The number of aromatic nitrogens is 3. The first-order valence-corrected chi connectivity index (χ1v) is 9.32. The lowest BCUT2D eigenvalue weighted by atomic mass is 9.91. The SMILES string of the molecule is O=C(CN1CCC[C@H](c2ccccc2)C1)NCCSc1ncn[nH]1. The summed E-state index contributed by atoms with van der Waals surface area (Å²) in [5.41, 5.74) is 1.38. The number of amides is 1. The third-order valence-electron chi connectivity index (χ3n) is 4.20. The molecule has 0 aliphatic carbocycles. The number of piperidine rings is 1. The minimum Gasteiger partial charge on any atom is -0.354 e. The van der Waals surface area contributed by atoms with Gasteiger partial charge < -0.3 is 5.32 Å². The third kappa shape index (κ3) is 5.07. The Morgan fingerprint density at radius 2 is 2.25 bits per heavy atom. The average molecular weight is 345 g/mol. The molecule has 7 heteroatoms. The molecule has 24 heavy (non-hydrogen) atoms. The maximum Gasteiger partial charge on any atom is 0.234 e. The molecule has 0 saturated carbocycles. The molecule has 0 spiro atoms. The lowest BCUT2D eigenvalue weighted by Gasteiger charge is -2.32. The molecule has 2 aromatic rings. The van der Waals surface area contributed by atoms with Crippen molar-refractivity contribution in [1.29, 1.82) is 0 Å². The van der Waals surface area contributed by atoms with Crippen LogP contribution < -0.4 is 5.32 Å². The maximum absolute atomic E-state index is 12.1. The molecule has 0 bridgehead atoms. The molecule has 0 radical (unpaired) electrons. The Bertz CT molecular complexity index is 619. The number of thioether (sulfide) groups is 1. The van der Waals surface area contributed by atoms with Gasteiger partial charge in [-0.05, 0) is 30.9 Å². The number of nitrogens with one attached hydrogen (secondary N) is 2. The Morgan fingerprint density at radius 1 is 1.38 bits per heavy atom. The van der Waals surface area contributed by atoms with Crippen molar-refractivity contribution in [2.75, 3.05) is 31.9 Å². The van der Waals surface area contributed by atoms with Crippen LogP contribution in [0.25, 0.3) is 0 Å². The standard InChI is InChI=1S/C17H23N5OS/c23-16(18-8-10-24-17-19-13-20-21-17)12-22-9-4-7-15(11-22)14-5-2-1-3-6-14/h1-3,5-6,13,15H,4,7-12H2,(H,18,23)(H,19,20,21)/t15-/m0/s1. The van der Waals surface area contributed by atoms with Crippen molar-refractivity contribution in [2.24, 2.45) is 0 Å². The van der Waals surface area contributed by atoms with Crippen molar-refractivity contribution in [3.63, 3.8) is 0 Å². The summed E-state index contributed by atoms with van der Waals surface area (Å²) in [7, 11) is 0. The minimum absolute atomic E-state index is 0.0990. The average Bonchev–Trinajstić information content (AvgIpc) is 3.13. The molecule has 128 valence electrons. The molecule has 1 aromatic carbocycles. The van der Waals surface area contributed by atoms with Crippen LogP contribution in [0.5, 0.6) is 0 Å². The first-order valence-electron chi connectivity index (χ1n) is 8.33. The fourth-order valence-electron chi connectivity index (χ4n) is 3.06. The molecule has 6 nitrogen and oxygen atoms in total. The van der Waals surface area contributed by atoms with Gasteiger partial charge in [0.05, 0.1) is 6.54 Å². The Labute approximate surface area is 146 Å². The van der Waals surface area contributed by atoms with Gasteiger partial charge in [0.15, 0.2) is 5.16 Å². The second-order valence-electron chi connectivity index (χ2n) is 5.97. The molecule has 0 unspecified atom stereocenters. The molecule has 1 atom stereocenters. The highest BCUT2D eigenvalue weighted by Gasteiger charge is 2.22. The smallest absolute Gasteiger partial charge is 0.234 e. The number of carbonyl (C=O) groups is 1. The van der Waals surface area contributed by atoms with Gasteiger partial charge in [0.1, 0.15) is 6.33 Å². The first-order chi connectivity index (χ1) is 11.8. The van der Waals surface area contributed by atoms with Crippen LogP contribution in [0, 0.1) is 0 Å². The largest absolute Gasteiger partial charge is 0.354 e. The van der Waals surface area contributed by atoms with Gasteiger partial charge in [-0.25, -0.2) is 4.98 Å². The van der Waals surface area contributed by atoms with E-state index in [-0.39, 0.29) is 5.91 Å². The number of H-pyrrole nitrogens is 1. The highest BCUT2D eigenvalue weighted by molar-refractivity contribution is 7.99. The predicted octanol–water partition coefficient (Wildman–Crippen LogP) is 1.89. The van der Waals surface area contributed by atoms with Crippen LogP contribution in [0.3, 0.4) is 0 Å². The van der Waals surface area contributed by atoms with Crippen molar-refractivity contribution >= 4 is 17.7 Å². The molecular weight excluding hydrogens is 322 g/mol. The van der Waals surface area contributed by atoms with Crippen LogP contribution in [-0.4, -0.2) is 57.9 Å². The third-order valence-corrected chi connectivity index (χ3v) is 5.08. The molecule has 2 N–H and O–H groups in total. The van der Waals surface area contributed by atoms with E-state index in [2.05, 4.69) is 49.7 Å². The van der Waals surface area contributed by atoms with E-state index in [1.165, 1.54) is 18.3 Å². The summed E-state index contributed by atoms with van der Waals surface area (Å²) in [6.07, 6.45) is 3.84. The molecule has 2 heterocycles. The van der Waals surface area contributed by atoms with Crippen LogP contribution in [0.1, 0.15) is 24.3 Å². The number of hydrogen-bond acceptors (Lipinski definition) is 5. The number of hydrogen-bond donors (Lipinski definition) is 2. The van der Waals surface area contributed by atoms with Crippen LogP contribution >= 0.6 is 11.8 Å². The van der Waals surface area contributed by atoms with Crippen molar-refractivity contribution in [2.45, 2.75) is 23.9 Å². The van der Waals surface area contributed by atoms with Crippen molar-refractivity contribution in [3.8, 4) is 0 Å². The van der Waals surface area contributed by atoms with E-state index in [9.17, 15) is 4.79 Å². The number of benzene rings is 1. The minimum atomic E-state index is 0.0990. The summed E-state index contributed by atoms with van der Waals surface area (Å²) in [4.78, 5) is 18.4. The van der Waals surface area contributed by atoms with E-state index >= 15 is 0 Å². The van der Waals surface area contributed by atoms with E-state index < -0.39 is 0 Å². The van der Waals surface area contributed by atoms with Gasteiger partial charge in [-0.1, -0.05) is 42.1 Å². The zero-order valence-electron chi connectivity index (χ0n) is 13.6. The molecule has 3 rings (SSSR count). The van der Waals surface area contributed by atoms with Crippen molar-refractivity contribution in [3.05, 3.63) is 42.2 Å². The maximum atomic E-state index is 12.1. The zero-order valence-corrected chi connectivity index (χ0v) is 14.5. The van der Waals surface area contributed by atoms with E-state index in [0.717, 1.165) is 30.4 Å². The highest BCUT2D eigenvalue weighted by Crippen LogP contribution is 2.26. The Morgan fingerprint density at radius 3 is 3.04 bits per heavy atom. The summed E-state index contributed by atoms with van der Waals surface area (Å²) < 4.78 is 0. The van der Waals surface area contributed by atoms with Crippen molar-refractivity contribution < 1.29 is 4.79 Å². The summed E-state index contributed by atoms with van der Waals surface area (Å²) in [6.45, 7) is 3.09. The lowest BCUT2D eigenvalue weighted by molar-refractivity contribution is -0.122. The summed E-state index contributed by atoms with van der Waals surface area (Å²) in [6, 6.07) is 10.6. The molecular formula is C17H23N5OS. The zero-order chi connectivity index (χ0) is 16.6. The van der Waals surface area contributed by atoms with Gasteiger partial charge in [0.25, 0.3) is 0 Å². The lowest BCUT2D eigenvalue weighted by Crippen LogP contribution is -2.42. The van der Waals surface area contributed by atoms with E-state index in [1.807, 2.05) is 6.07 Å². The fourth-order valence-corrected chi connectivity index (χ4v) is 3.69. The number of carbonyl (C=O) groups excluding carboxylic acids is 1. The van der Waals surface area contributed by atoms with E-state index in [4.69, 9.17) is 0 Å². The van der Waals surface area contributed by atoms with Crippen LogP contribution in [0.2, 0.25) is 0 Å². The van der Waals surface area contributed by atoms with E-state index in [0.29, 0.717) is 19.0 Å². The van der Waals surface area contributed by atoms with E-state index in [1.54, 1.807) is 11.8 Å². The first kappa shape index (κ1) is 17.0. The van der Waals surface area contributed by atoms with Gasteiger partial charge in [0.2, 0.25) is 5.91 Å². The molecule has 1 fully saturated rings. The Hall–Kier alpha value is -1.86. The van der Waals surface area contributed by atoms with Crippen LogP contribution in [0.15, 0.2) is 41.8 Å². The molecule has 1 saturated heterocycles. The van der Waals surface area contributed by atoms with Crippen LogP contribution in [0.4, 0.5) is 0 Å². The van der Waals surface area contributed by atoms with Gasteiger partial charge >= 0.3 is 0 Å². The van der Waals surface area contributed by atoms with Crippen LogP contribution in [-0.2, 0) is 4.79 Å². The number of nitrogens with zero attached hydrogens (tertiary/aromatic N) is 3.